The molecule has 0 aliphatic heterocycles. The van der Waals surface area contributed by atoms with Crippen molar-refractivity contribution in [2.75, 3.05) is 18.2 Å². The Kier molecular flexibility index (Phi) is 7.50. The summed E-state index contributed by atoms with van der Waals surface area (Å²) in [6.07, 6.45) is 1.61. The molecule has 0 aliphatic rings. The number of hydrogen-bond acceptors (Lipinski definition) is 8. The molecular formula is C22H19FN6O3S2. The number of thiazole rings is 1. The predicted octanol–water partition coefficient (Wildman–Crippen LogP) is 3.53. The van der Waals surface area contributed by atoms with Crippen LogP contribution in [0.2, 0.25) is 0 Å². The number of carbonyl (C=O) groups excluding carboxylic acids is 2. The number of rotatable bonds is 9. The fourth-order valence-electron chi connectivity index (χ4n) is 3.03. The number of ether oxygens (including phenoxy) is 1. The first-order valence-corrected chi connectivity index (χ1v) is 11.9. The van der Waals surface area contributed by atoms with Crippen LogP contribution in [0.1, 0.15) is 16.2 Å². The second-order valence-corrected chi connectivity index (χ2v) is 8.61. The number of para-hydroxylation sites is 2. The van der Waals surface area contributed by atoms with Crippen molar-refractivity contribution in [3.63, 3.8) is 0 Å². The average Bonchev–Trinajstić information content (AvgIpc) is 3.50. The van der Waals surface area contributed by atoms with E-state index in [1.807, 2.05) is 18.2 Å². The predicted molar refractivity (Wildman–Crippen MR) is 127 cm³/mol. The van der Waals surface area contributed by atoms with Crippen LogP contribution in [-0.2, 0) is 11.3 Å². The topological polar surface area (TPSA) is 111 Å². The number of methoxy groups -OCH3 is 1. The van der Waals surface area contributed by atoms with Crippen LogP contribution in [-0.4, -0.2) is 44.4 Å². The molecule has 0 saturated carbocycles. The van der Waals surface area contributed by atoms with E-state index in [1.54, 1.807) is 29.3 Å². The molecule has 0 saturated heterocycles. The third kappa shape index (κ3) is 5.58. The fourth-order valence-corrected chi connectivity index (χ4v) is 4.34. The third-order valence-electron chi connectivity index (χ3n) is 4.53. The van der Waals surface area contributed by atoms with Gasteiger partial charge in [0.2, 0.25) is 5.91 Å². The minimum absolute atomic E-state index is 0.0201. The van der Waals surface area contributed by atoms with Gasteiger partial charge in [0.25, 0.3) is 5.91 Å². The molecule has 2 aromatic carbocycles. The molecule has 0 bridgehead atoms. The monoisotopic (exact) mass is 498 g/mol. The van der Waals surface area contributed by atoms with Gasteiger partial charge in [-0.2, -0.15) is 0 Å². The first-order valence-electron chi connectivity index (χ1n) is 9.98. The first kappa shape index (κ1) is 23.4. The minimum atomic E-state index is -0.500. The quantitative estimate of drug-likeness (QED) is 0.340. The highest BCUT2D eigenvalue weighted by atomic mass is 32.2. The maximum absolute atomic E-state index is 13.5. The zero-order valence-electron chi connectivity index (χ0n) is 17.9. The molecule has 0 unspecified atom stereocenters. The molecule has 174 valence electrons. The van der Waals surface area contributed by atoms with Crippen LogP contribution in [0.3, 0.4) is 0 Å². The molecule has 0 spiro atoms. The maximum Gasteiger partial charge on any atom is 0.251 e. The van der Waals surface area contributed by atoms with Crippen molar-refractivity contribution in [2.24, 2.45) is 0 Å². The Morgan fingerprint density at radius 1 is 1.18 bits per heavy atom. The first-order chi connectivity index (χ1) is 16.5. The number of aromatic nitrogens is 4. The highest BCUT2D eigenvalue weighted by Gasteiger charge is 2.19. The number of nitrogens with one attached hydrogen (secondary N) is 2. The third-order valence-corrected chi connectivity index (χ3v) is 6.15. The number of nitrogens with zero attached hydrogens (tertiary/aromatic N) is 4. The van der Waals surface area contributed by atoms with Crippen molar-refractivity contribution in [1.29, 1.82) is 0 Å². The van der Waals surface area contributed by atoms with Gasteiger partial charge in [0.05, 0.1) is 25.1 Å². The lowest BCUT2D eigenvalue weighted by Crippen LogP contribution is -2.25. The second-order valence-electron chi connectivity index (χ2n) is 6.77. The van der Waals surface area contributed by atoms with E-state index >= 15 is 0 Å². The van der Waals surface area contributed by atoms with Crippen LogP contribution < -0.4 is 15.4 Å². The summed E-state index contributed by atoms with van der Waals surface area (Å²) in [5, 5.41) is 16.6. The van der Waals surface area contributed by atoms with Crippen LogP contribution in [0.4, 0.5) is 9.52 Å². The van der Waals surface area contributed by atoms with E-state index in [4.69, 9.17) is 4.74 Å². The van der Waals surface area contributed by atoms with Crippen molar-refractivity contribution in [3.05, 3.63) is 77.3 Å². The van der Waals surface area contributed by atoms with Crippen molar-refractivity contribution >= 4 is 40.0 Å². The fraction of sp³-hybridized carbons (Fsp3) is 0.136. The summed E-state index contributed by atoms with van der Waals surface area (Å²) >= 11 is 2.51. The van der Waals surface area contributed by atoms with Crippen LogP contribution in [0.25, 0.3) is 5.69 Å². The summed E-state index contributed by atoms with van der Waals surface area (Å²) < 4.78 is 20.7. The number of anilines is 1. The molecule has 2 N–H and O–H groups in total. The summed E-state index contributed by atoms with van der Waals surface area (Å²) in [4.78, 5) is 28.9. The highest BCUT2D eigenvalue weighted by Crippen LogP contribution is 2.28. The summed E-state index contributed by atoms with van der Waals surface area (Å²) in [5.74, 6) is -0.144. The Labute approximate surface area is 202 Å². The number of thioether (sulfide) groups is 1. The Hall–Kier alpha value is -3.77. The largest absolute Gasteiger partial charge is 0.495 e. The number of benzene rings is 2. The molecule has 0 aliphatic carbocycles. The van der Waals surface area contributed by atoms with Crippen LogP contribution in [0.15, 0.2) is 65.3 Å². The molecule has 2 heterocycles. The van der Waals surface area contributed by atoms with Gasteiger partial charge in [-0.25, -0.2) is 9.37 Å². The van der Waals surface area contributed by atoms with Gasteiger partial charge >= 0.3 is 0 Å². The summed E-state index contributed by atoms with van der Waals surface area (Å²) in [6.45, 7) is 0.0201. The summed E-state index contributed by atoms with van der Waals surface area (Å²) in [7, 11) is 1.54. The smallest absolute Gasteiger partial charge is 0.251 e. The van der Waals surface area contributed by atoms with Gasteiger partial charge in [-0.05, 0) is 30.3 Å². The van der Waals surface area contributed by atoms with Crippen LogP contribution >= 0.6 is 23.1 Å². The average molecular weight is 499 g/mol. The second kappa shape index (κ2) is 10.9. The van der Waals surface area contributed by atoms with E-state index in [1.165, 1.54) is 41.3 Å². The van der Waals surface area contributed by atoms with Gasteiger partial charge in [0.15, 0.2) is 16.1 Å². The molecule has 34 heavy (non-hydrogen) atoms. The lowest BCUT2D eigenvalue weighted by molar-refractivity contribution is -0.113. The van der Waals surface area contributed by atoms with Crippen molar-refractivity contribution < 1.29 is 18.7 Å². The van der Waals surface area contributed by atoms with E-state index in [9.17, 15) is 14.0 Å². The van der Waals surface area contributed by atoms with Crippen LogP contribution in [0, 0.1) is 5.82 Å². The number of hydrogen-bond donors (Lipinski definition) is 2. The van der Waals surface area contributed by atoms with E-state index in [0.29, 0.717) is 27.5 Å². The van der Waals surface area contributed by atoms with Gasteiger partial charge in [0, 0.05) is 17.1 Å². The highest BCUT2D eigenvalue weighted by molar-refractivity contribution is 7.99. The molecule has 4 aromatic rings. The molecule has 0 fully saturated rings. The van der Waals surface area contributed by atoms with Gasteiger partial charge in [-0.15, -0.1) is 21.5 Å². The molecule has 0 radical (unpaired) electrons. The molecule has 2 aromatic heterocycles. The Morgan fingerprint density at radius 2 is 2.03 bits per heavy atom. The van der Waals surface area contributed by atoms with Crippen molar-refractivity contribution in [2.45, 2.75) is 11.7 Å². The summed E-state index contributed by atoms with van der Waals surface area (Å²) in [6, 6.07) is 12.7. The number of carbonyl (C=O) groups is 2. The standard InChI is InChI=1S/C22H19FN6O3S2/c1-32-17-8-3-2-7-16(17)29-18(12-25-20(31)14-5-4-6-15(23)11-14)27-28-22(29)34-13-19(30)26-21-24-9-10-33-21/h2-11H,12-13H2,1H3,(H,25,31)(H,24,26,30). The lowest BCUT2D eigenvalue weighted by Gasteiger charge is -2.14. The molecule has 12 heteroatoms. The molecule has 2 amide bonds. The normalized spacial score (nSPS) is 10.6. The van der Waals surface area contributed by atoms with E-state index in [2.05, 4.69) is 25.8 Å². The number of halogens is 1. The van der Waals surface area contributed by atoms with Gasteiger partial charge in [-0.1, -0.05) is 30.0 Å². The summed E-state index contributed by atoms with van der Waals surface area (Å²) in [5.41, 5.74) is 0.838. The van der Waals surface area contributed by atoms with E-state index in [0.717, 1.165) is 6.07 Å². The van der Waals surface area contributed by atoms with Gasteiger partial charge in [-0.3, -0.25) is 14.2 Å². The van der Waals surface area contributed by atoms with Crippen molar-refractivity contribution in [1.82, 2.24) is 25.1 Å². The van der Waals surface area contributed by atoms with E-state index < -0.39 is 11.7 Å². The SMILES string of the molecule is COc1ccccc1-n1c(CNC(=O)c2cccc(F)c2)nnc1SCC(=O)Nc1nccs1. The molecule has 0 atom stereocenters. The Morgan fingerprint density at radius 3 is 2.79 bits per heavy atom. The van der Waals surface area contributed by atoms with Gasteiger partial charge in [0.1, 0.15) is 11.6 Å². The van der Waals surface area contributed by atoms with Crippen LogP contribution in [0.5, 0.6) is 5.75 Å². The van der Waals surface area contributed by atoms with Gasteiger partial charge < -0.3 is 15.4 Å². The Bertz CT molecular complexity index is 1300. The molecular weight excluding hydrogens is 479 g/mol. The van der Waals surface area contributed by atoms with Crippen molar-refractivity contribution in [3.8, 4) is 11.4 Å². The molecule has 9 nitrogen and oxygen atoms in total. The minimum Gasteiger partial charge on any atom is -0.495 e. The Balaban J connectivity index is 1.55. The molecule has 4 rings (SSSR count). The maximum atomic E-state index is 13.5. The zero-order chi connectivity index (χ0) is 23.9. The van der Waals surface area contributed by atoms with E-state index in [-0.39, 0.29) is 23.8 Å². The number of amides is 2. The lowest BCUT2D eigenvalue weighted by atomic mass is 10.2. The zero-order valence-corrected chi connectivity index (χ0v) is 19.5.